The molecule has 0 saturated heterocycles. The number of hydrogen-bond donors (Lipinski definition) is 3. The Morgan fingerprint density at radius 3 is 1.14 bits per heavy atom. The van der Waals surface area contributed by atoms with E-state index in [1.54, 1.807) is 0 Å². The molecule has 0 aromatic rings. The second-order valence-corrected chi connectivity index (χ2v) is 6.73. The Morgan fingerprint density at radius 1 is 0.619 bits per heavy atom. The number of carboxylic acids is 2. The molecule has 2 aliphatic carbocycles. The second kappa shape index (κ2) is 6.77. The summed E-state index contributed by atoms with van der Waals surface area (Å²) in [6.45, 7) is 0. The molecule has 0 radical (unpaired) electrons. The van der Waals surface area contributed by atoms with E-state index in [2.05, 4.69) is 5.32 Å². The number of carboxylic acid groups (broad SMARTS) is 2. The fourth-order valence-corrected chi connectivity index (χ4v) is 3.91. The molecule has 0 heterocycles. The quantitative estimate of drug-likeness (QED) is 0.695. The summed E-state index contributed by atoms with van der Waals surface area (Å²) in [6, 6.07) is 0. The zero-order valence-corrected chi connectivity index (χ0v) is 12.7. The van der Waals surface area contributed by atoms with Gasteiger partial charge in [0.2, 0.25) is 0 Å². The van der Waals surface area contributed by atoms with E-state index in [1.807, 2.05) is 0 Å². The van der Waals surface area contributed by atoms with Crippen LogP contribution in [0.1, 0.15) is 77.0 Å². The Balaban J connectivity index is 2.26. The molecule has 2 fully saturated rings. The van der Waals surface area contributed by atoms with Crippen molar-refractivity contribution < 1.29 is 19.8 Å². The molecular weight excluding hydrogens is 270 g/mol. The SMILES string of the molecule is O=C(O)C1(NC2(C(=O)O)CCCCCC2)CCCCCC1. The number of rotatable bonds is 4. The first-order valence-corrected chi connectivity index (χ1v) is 8.27. The van der Waals surface area contributed by atoms with Crippen molar-refractivity contribution in [1.29, 1.82) is 0 Å². The third-order valence-corrected chi connectivity index (χ3v) is 5.21. The smallest absolute Gasteiger partial charge is 0.323 e. The Labute approximate surface area is 126 Å². The van der Waals surface area contributed by atoms with Crippen LogP contribution in [-0.2, 0) is 9.59 Å². The van der Waals surface area contributed by atoms with Crippen LogP contribution in [0.3, 0.4) is 0 Å². The van der Waals surface area contributed by atoms with Crippen LogP contribution in [0.2, 0.25) is 0 Å². The molecule has 5 nitrogen and oxygen atoms in total. The van der Waals surface area contributed by atoms with E-state index >= 15 is 0 Å². The largest absolute Gasteiger partial charge is 0.480 e. The molecule has 3 N–H and O–H groups in total. The second-order valence-electron chi connectivity index (χ2n) is 6.73. The average molecular weight is 297 g/mol. The number of carbonyl (C=O) groups is 2. The molecule has 0 atom stereocenters. The van der Waals surface area contributed by atoms with Crippen LogP contribution in [-0.4, -0.2) is 33.2 Å². The zero-order valence-electron chi connectivity index (χ0n) is 12.7. The summed E-state index contributed by atoms with van der Waals surface area (Å²) in [5, 5.41) is 22.7. The van der Waals surface area contributed by atoms with Crippen molar-refractivity contribution in [2.45, 2.75) is 88.1 Å². The van der Waals surface area contributed by atoms with E-state index in [0.29, 0.717) is 25.7 Å². The molecule has 21 heavy (non-hydrogen) atoms. The number of nitrogens with one attached hydrogen (secondary N) is 1. The molecule has 2 aliphatic rings. The van der Waals surface area contributed by atoms with Gasteiger partial charge < -0.3 is 10.2 Å². The molecular formula is C16H27NO4. The minimum atomic E-state index is -1.06. The molecule has 0 spiro atoms. The fourth-order valence-electron chi connectivity index (χ4n) is 3.91. The highest BCUT2D eigenvalue weighted by atomic mass is 16.4. The Bertz CT molecular complexity index is 342. The minimum absolute atomic E-state index is 0.539. The van der Waals surface area contributed by atoms with Crippen LogP contribution < -0.4 is 5.32 Å². The van der Waals surface area contributed by atoms with E-state index in [0.717, 1.165) is 51.4 Å². The molecule has 5 heteroatoms. The minimum Gasteiger partial charge on any atom is -0.480 e. The molecule has 0 unspecified atom stereocenters. The maximum Gasteiger partial charge on any atom is 0.323 e. The summed E-state index contributed by atoms with van der Waals surface area (Å²) >= 11 is 0. The zero-order chi connectivity index (χ0) is 15.3. The van der Waals surface area contributed by atoms with Crippen molar-refractivity contribution in [3.8, 4) is 0 Å². The Hall–Kier alpha value is -1.10. The highest BCUT2D eigenvalue weighted by Gasteiger charge is 2.49. The van der Waals surface area contributed by atoms with Gasteiger partial charge in [0.25, 0.3) is 0 Å². The Morgan fingerprint density at radius 2 is 0.905 bits per heavy atom. The maximum atomic E-state index is 11.9. The van der Waals surface area contributed by atoms with Gasteiger partial charge in [-0.2, -0.15) is 0 Å². The van der Waals surface area contributed by atoms with Gasteiger partial charge in [0.1, 0.15) is 11.1 Å². The summed E-state index contributed by atoms with van der Waals surface area (Å²) in [6.07, 6.45) is 9.73. The molecule has 0 amide bonds. The van der Waals surface area contributed by atoms with E-state index in [1.165, 1.54) is 0 Å². The first-order chi connectivity index (χ1) is 10.0. The predicted molar refractivity (Wildman–Crippen MR) is 79.3 cm³/mol. The van der Waals surface area contributed by atoms with Gasteiger partial charge in [0.15, 0.2) is 0 Å². The van der Waals surface area contributed by atoms with Crippen LogP contribution in [0.25, 0.3) is 0 Å². The van der Waals surface area contributed by atoms with Crippen molar-refractivity contribution in [2.24, 2.45) is 0 Å². The highest BCUT2D eigenvalue weighted by molar-refractivity contribution is 5.83. The summed E-state index contributed by atoms with van der Waals surface area (Å²) in [7, 11) is 0. The molecule has 2 rings (SSSR count). The van der Waals surface area contributed by atoms with E-state index in [9.17, 15) is 19.8 Å². The lowest BCUT2D eigenvalue weighted by molar-refractivity contribution is -0.152. The van der Waals surface area contributed by atoms with Gasteiger partial charge in [-0.1, -0.05) is 51.4 Å². The average Bonchev–Trinajstić information content (AvgIpc) is 2.81. The maximum absolute atomic E-state index is 11.9. The first-order valence-electron chi connectivity index (χ1n) is 8.27. The van der Waals surface area contributed by atoms with E-state index < -0.39 is 23.0 Å². The van der Waals surface area contributed by atoms with Crippen LogP contribution in [0.15, 0.2) is 0 Å². The van der Waals surface area contributed by atoms with Gasteiger partial charge in [-0.3, -0.25) is 14.9 Å². The van der Waals surface area contributed by atoms with Gasteiger partial charge in [-0.25, -0.2) is 0 Å². The van der Waals surface area contributed by atoms with Gasteiger partial charge in [0, 0.05) is 0 Å². The van der Waals surface area contributed by atoms with Crippen molar-refractivity contribution in [3.63, 3.8) is 0 Å². The van der Waals surface area contributed by atoms with E-state index in [-0.39, 0.29) is 0 Å². The lowest BCUT2D eigenvalue weighted by Crippen LogP contribution is -2.64. The summed E-state index contributed by atoms with van der Waals surface area (Å²) in [5.74, 6) is -1.76. The van der Waals surface area contributed by atoms with Crippen LogP contribution in [0.4, 0.5) is 0 Å². The fraction of sp³-hybridized carbons (Fsp3) is 0.875. The van der Waals surface area contributed by atoms with Crippen molar-refractivity contribution in [2.75, 3.05) is 0 Å². The van der Waals surface area contributed by atoms with Crippen LogP contribution in [0.5, 0.6) is 0 Å². The molecule has 0 aromatic carbocycles. The van der Waals surface area contributed by atoms with Gasteiger partial charge in [0.05, 0.1) is 0 Å². The van der Waals surface area contributed by atoms with Crippen LogP contribution >= 0.6 is 0 Å². The van der Waals surface area contributed by atoms with Crippen molar-refractivity contribution >= 4 is 11.9 Å². The topological polar surface area (TPSA) is 86.6 Å². The predicted octanol–water partition coefficient (Wildman–Crippen LogP) is 2.93. The molecule has 0 aliphatic heterocycles. The first kappa shape index (κ1) is 16.3. The monoisotopic (exact) mass is 297 g/mol. The standard InChI is InChI=1S/C16H27NO4/c18-13(19)15(9-5-1-2-6-10-15)17-16(14(20)21)11-7-3-4-8-12-16/h17H,1-12H2,(H,18,19)(H,20,21). The van der Waals surface area contributed by atoms with Gasteiger partial charge in [-0.05, 0) is 25.7 Å². The molecule has 0 aromatic heterocycles. The normalized spacial score (nSPS) is 25.5. The van der Waals surface area contributed by atoms with Crippen molar-refractivity contribution in [3.05, 3.63) is 0 Å². The van der Waals surface area contributed by atoms with Gasteiger partial charge in [-0.15, -0.1) is 0 Å². The third kappa shape index (κ3) is 3.57. The Kier molecular flexibility index (Phi) is 5.25. The third-order valence-electron chi connectivity index (χ3n) is 5.21. The van der Waals surface area contributed by atoms with E-state index in [4.69, 9.17) is 0 Å². The van der Waals surface area contributed by atoms with Gasteiger partial charge >= 0.3 is 11.9 Å². The molecule has 0 bridgehead atoms. The summed E-state index contributed by atoms with van der Waals surface area (Å²) in [5.41, 5.74) is -2.11. The summed E-state index contributed by atoms with van der Waals surface area (Å²) < 4.78 is 0. The number of hydrogen-bond acceptors (Lipinski definition) is 3. The van der Waals surface area contributed by atoms with Crippen molar-refractivity contribution in [1.82, 2.24) is 5.32 Å². The lowest BCUT2D eigenvalue weighted by Gasteiger charge is -2.40. The molecule has 2 saturated carbocycles. The highest BCUT2D eigenvalue weighted by Crippen LogP contribution is 2.35. The summed E-state index contributed by atoms with van der Waals surface area (Å²) in [4.78, 5) is 23.8. The van der Waals surface area contributed by atoms with Crippen LogP contribution in [0, 0.1) is 0 Å². The number of aliphatic carboxylic acids is 2. The molecule has 120 valence electrons. The lowest BCUT2D eigenvalue weighted by atomic mass is 9.82.